The number of carbonyl (C=O) groups is 1. The van der Waals surface area contributed by atoms with E-state index < -0.39 is 4.92 Å². The summed E-state index contributed by atoms with van der Waals surface area (Å²) in [5.74, 6) is 0.473. The summed E-state index contributed by atoms with van der Waals surface area (Å²) in [5, 5.41) is 16.6. The van der Waals surface area contributed by atoms with Crippen LogP contribution in [0, 0.1) is 16.0 Å². The predicted octanol–water partition coefficient (Wildman–Crippen LogP) is 2.55. The van der Waals surface area contributed by atoms with E-state index in [9.17, 15) is 14.9 Å². The van der Waals surface area contributed by atoms with Gasteiger partial charge in [-0.15, -0.1) is 0 Å². The molecule has 0 heterocycles. The summed E-state index contributed by atoms with van der Waals surface area (Å²) in [6.45, 7) is 2.18. The number of amides is 1. The van der Waals surface area contributed by atoms with E-state index in [2.05, 4.69) is 17.6 Å². The molecule has 1 saturated carbocycles. The van der Waals surface area contributed by atoms with E-state index in [0.29, 0.717) is 17.2 Å². The molecular formula is C14H19N3O3. The molecule has 20 heavy (non-hydrogen) atoms. The average molecular weight is 277 g/mol. The number of carbonyl (C=O) groups excluding carboxylic acids is 1. The van der Waals surface area contributed by atoms with Crippen LogP contribution in [-0.4, -0.2) is 23.9 Å². The first-order valence-corrected chi connectivity index (χ1v) is 6.78. The Hall–Kier alpha value is -2.11. The predicted molar refractivity (Wildman–Crippen MR) is 76.9 cm³/mol. The van der Waals surface area contributed by atoms with Crippen molar-refractivity contribution in [2.24, 2.45) is 5.92 Å². The first kappa shape index (κ1) is 14.3. The summed E-state index contributed by atoms with van der Waals surface area (Å²) in [5.41, 5.74) is 0.764. The zero-order chi connectivity index (χ0) is 14.7. The van der Waals surface area contributed by atoms with Gasteiger partial charge in [0.05, 0.1) is 4.92 Å². The van der Waals surface area contributed by atoms with Crippen LogP contribution in [0.15, 0.2) is 18.2 Å². The van der Waals surface area contributed by atoms with Crippen LogP contribution in [0.2, 0.25) is 0 Å². The maximum absolute atomic E-state index is 12.1. The highest BCUT2D eigenvalue weighted by molar-refractivity contribution is 5.96. The minimum atomic E-state index is -0.466. The van der Waals surface area contributed by atoms with Gasteiger partial charge in [0.1, 0.15) is 5.69 Å². The normalized spacial score (nSPS) is 21.5. The van der Waals surface area contributed by atoms with E-state index >= 15 is 0 Å². The van der Waals surface area contributed by atoms with Crippen molar-refractivity contribution in [3.8, 4) is 0 Å². The number of benzene rings is 1. The lowest BCUT2D eigenvalue weighted by atomic mass is 10.1. The lowest BCUT2D eigenvalue weighted by molar-refractivity contribution is -0.383. The molecule has 1 amide bonds. The van der Waals surface area contributed by atoms with Crippen LogP contribution in [0.25, 0.3) is 0 Å². The molecule has 2 rings (SSSR count). The highest BCUT2D eigenvalue weighted by Crippen LogP contribution is 2.27. The van der Waals surface area contributed by atoms with Gasteiger partial charge in [0.2, 0.25) is 0 Å². The topological polar surface area (TPSA) is 84.3 Å². The second-order valence-electron chi connectivity index (χ2n) is 5.33. The van der Waals surface area contributed by atoms with Crippen molar-refractivity contribution in [2.75, 3.05) is 12.4 Å². The molecule has 0 saturated heterocycles. The summed E-state index contributed by atoms with van der Waals surface area (Å²) < 4.78 is 0. The van der Waals surface area contributed by atoms with Crippen molar-refractivity contribution in [3.05, 3.63) is 33.9 Å². The van der Waals surface area contributed by atoms with Crippen molar-refractivity contribution in [3.63, 3.8) is 0 Å². The minimum absolute atomic E-state index is 0.0291. The Bertz CT molecular complexity index is 530. The first-order chi connectivity index (χ1) is 9.51. The van der Waals surface area contributed by atoms with Gasteiger partial charge in [0.15, 0.2) is 0 Å². The van der Waals surface area contributed by atoms with Crippen LogP contribution >= 0.6 is 0 Å². The number of nitro groups is 1. The highest BCUT2D eigenvalue weighted by atomic mass is 16.6. The van der Waals surface area contributed by atoms with Gasteiger partial charge in [-0.3, -0.25) is 14.9 Å². The summed E-state index contributed by atoms with van der Waals surface area (Å²) in [7, 11) is 1.60. The van der Waals surface area contributed by atoms with Crippen LogP contribution in [0.3, 0.4) is 0 Å². The molecule has 0 aliphatic heterocycles. The quantitative estimate of drug-likeness (QED) is 0.654. The van der Waals surface area contributed by atoms with Crippen LogP contribution in [-0.2, 0) is 0 Å². The Labute approximate surface area is 117 Å². The van der Waals surface area contributed by atoms with Gasteiger partial charge in [-0.2, -0.15) is 0 Å². The van der Waals surface area contributed by atoms with Gasteiger partial charge >= 0.3 is 0 Å². The smallest absolute Gasteiger partial charge is 0.292 e. The second kappa shape index (κ2) is 5.90. The fourth-order valence-corrected chi connectivity index (χ4v) is 2.64. The van der Waals surface area contributed by atoms with Crippen LogP contribution in [0.5, 0.6) is 0 Å². The third-order valence-corrected chi connectivity index (χ3v) is 3.75. The fraction of sp³-hybridized carbons (Fsp3) is 0.500. The molecule has 1 aromatic carbocycles. The lowest BCUT2D eigenvalue weighted by Crippen LogP contribution is -2.32. The second-order valence-corrected chi connectivity index (χ2v) is 5.33. The van der Waals surface area contributed by atoms with Crippen molar-refractivity contribution < 1.29 is 9.72 Å². The average Bonchev–Trinajstić information content (AvgIpc) is 2.83. The Balaban J connectivity index is 2.12. The van der Waals surface area contributed by atoms with Gasteiger partial charge in [0, 0.05) is 24.7 Å². The van der Waals surface area contributed by atoms with Gasteiger partial charge in [0.25, 0.3) is 11.6 Å². The molecule has 2 atom stereocenters. The molecular weight excluding hydrogens is 258 g/mol. The van der Waals surface area contributed by atoms with E-state index in [-0.39, 0.29) is 17.6 Å². The van der Waals surface area contributed by atoms with Crippen LogP contribution < -0.4 is 10.6 Å². The molecule has 0 radical (unpaired) electrons. The molecule has 1 aliphatic carbocycles. The molecule has 1 aliphatic rings. The highest BCUT2D eigenvalue weighted by Gasteiger charge is 2.24. The maximum Gasteiger partial charge on any atom is 0.292 e. The molecule has 1 aromatic rings. The number of hydrogen-bond acceptors (Lipinski definition) is 4. The number of nitrogens with one attached hydrogen (secondary N) is 2. The third kappa shape index (κ3) is 3.07. The molecule has 2 N–H and O–H groups in total. The molecule has 0 spiro atoms. The Morgan fingerprint density at radius 2 is 2.15 bits per heavy atom. The summed E-state index contributed by atoms with van der Waals surface area (Å²) >= 11 is 0. The number of anilines is 1. The molecule has 6 heteroatoms. The number of nitrogens with zero attached hydrogens (tertiary/aromatic N) is 1. The number of nitro benzene ring substituents is 1. The fourth-order valence-electron chi connectivity index (χ4n) is 2.64. The Kier molecular flexibility index (Phi) is 4.22. The third-order valence-electron chi connectivity index (χ3n) is 3.75. The van der Waals surface area contributed by atoms with Crippen LogP contribution in [0.4, 0.5) is 11.4 Å². The Morgan fingerprint density at radius 1 is 1.40 bits per heavy atom. The zero-order valence-electron chi connectivity index (χ0n) is 11.7. The molecule has 108 valence electrons. The lowest BCUT2D eigenvalue weighted by Gasteiger charge is -2.13. The Morgan fingerprint density at radius 3 is 2.70 bits per heavy atom. The molecule has 0 aromatic heterocycles. The monoisotopic (exact) mass is 277 g/mol. The van der Waals surface area contributed by atoms with E-state index in [0.717, 1.165) is 19.3 Å². The SMILES string of the molecule is CNc1cc(C(=O)NC2CCC(C)C2)ccc1[N+](=O)[O-]. The number of hydrogen-bond donors (Lipinski definition) is 2. The van der Waals surface area contributed by atoms with Gasteiger partial charge in [-0.1, -0.05) is 6.92 Å². The zero-order valence-corrected chi connectivity index (χ0v) is 11.7. The molecule has 6 nitrogen and oxygen atoms in total. The summed E-state index contributed by atoms with van der Waals surface area (Å²) in [6, 6.07) is 4.59. The van der Waals surface area contributed by atoms with Crippen molar-refractivity contribution in [1.82, 2.24) is 5.32 Å². The first-order valence-electron chi connectivity index (χ1n) is 6.78. The largest absolute Gasteiger partial charge is 0.383 e. The van der Waals surface area contributed by atoms with E-state index in [1.807, 2.05) is 0 Å². The van der Waals surface area contributed by atoms with Gasteiger partial charge in [-0.25, -0.2) is 0 Å². The van der Waals surface area contributed by atoms with Crippen LogP contribution in [0.1, 0.15) is 36.5 Å². The van der Waals surface area contributed by atoms with Crippen molar-refractivity contribution in [2.45, 2.75) is 32.2 Å². The summed E-state index contributed by atoms with van der Waals surface area (Å²) in [6.07, 6.45) is 3.13. The van der Waals surface area contributed by atoms with E-state index in [1.54, 1.807) is 7.05 Å². The van der Waals surface area contributed by atoms with Crippen molar-refractivity contribution >= 4 is 17.3 Å². The molecule has 2 unspecified atom stereocenters. The molecule has 0 bridgehead atoms. The van der Waals surface area contributed by atoms with E-state index in [1.165, 1.54) is 18.2 Å². The van der Waals surface area contributed by atoms with Gasteiger partial charge < -0.3 is 10.6 Å². The number of rotatable bonds is 4. The summed E-state index contributed by atoms with van der Waals surface area (Å²) in [4.78, 5) is 22.5. The van der Waals surface area contributed by atoms with E-state index in [4.69, 9.17) is 0 Å². The standard InChI is InChI=1S/C14H19N3O3/c1-9-3-5-11(7-9)16-14(18)10-4-6-13(17(19)20)12(8-10)15-2/h4,6,8-9,11,15H,3,5,7H2,1-2H3,(H,16,18). The molecule has 1 fully saturated rings. The van der Waals surface area contributed by atoms with Gasteiger partial charge in [-0.05, 0) is 37.3 Å². The van der Waals surface area contributed by atoms with Crippen molar-refractivity contribution in [1.29, 1.82) is 0 Å². The maximum atomic E-state index is 12.1. The minimum Gasteiger partial charge on any atom is -0.383 e.